The monoisotopic (exact) mass is 289 g/mol. The van der Waals surface area contributed by atoms with Crippen LogP contribution in [0.3, 0.4) is 0 Å². The van der Waals surface area contributed by atoms with Gasteiger partial charge < -0.3 is 14.8 Å². The number of carbonyl (C=O) groups excluding carboxylic acids is 1. The van der Waals surface area contributed by atoms with Crippen molar-refractivity contribution in [3.63, 3.8) is 0 Å². The molecule has 2 rings (SSSR count). The predicted octanol–water partition coefficient (Wildman–Crippen LogP) is 1.93. The third kappa shape index (κ3) is 3.34. The summed E-state index contributed by atoms with van der Waals surface area (Å²) in [6, 6.07) is 5.27. The van der Waals surface area contributed by atoms with E-state index >= 15 is 0 Å². The Balaban J connectivity index is 2.19. The van der Waals surface area contributed by atoms with Gasteiger partial charge in [-0.1, -0.05) is 0 Å². The lowest BCUT2D eigenvalue weighted by Crippen LogP contribution is -2.26. The molecule has 1 heterocycles. The Bertz CT molecular complexity index is 637. The number of nitrogens with one attached hydrogen (secondary N) is 1. The minimum atomic E-state index is -0.220. The molecular formula is C15H19N3O3. The lowest BCUT2D eigenvalue weighted by molar-refractivity contribution is 0.0939. The maximum atomic E-state index is 12.2. The van der Waals surface area contributed by atoms with Crippen LogP contribution < -0.4 is 14.8 Å². The van der Waals surface area contributed by atoms with Crippen LogP contribution in [0.15, 0.2) is 30.6 Å². The summed E-state index contributed by atoms with van der Waals surface area (Å²) in [6.07, 6.45) is 3.20. The van der Waals surface area contributed by atoms with Gasteiger partial charge in [-0.15, -0.1) is 0 Å². The molecule has 6 heteroatoms. The summed E-state index contributed by atoms with van der Waals surface area (Å²) in [5.41, 5.74) is 1.38. The van der Waals surface area contributed by atoms with E-state index in [4.69, 9.17) is 9.47 Å². The molecule has 0 aliphatic rings. The smallest absolute Gasteiger partial charge is 0.254 e. The first-order chi connectivity index (χ1) is 10.0. The molecule has 0 saturated carbocycles. The Morgan fingerprint density at radius 1 is 1.33 bits per heavy atom. The van der Waals surface area contributed by atoms with Gasteiger partial charge >= 0.3 is 0 Å². The molecule has 1 aromatic heterocycles. The van der Waals surface area contributed by atoms with Crippen LogP contribution >= 0.6 is 0 Å². The first-order valence-electron chi connectivity index (χ1n) is 6.56. The average Bonchev–Trinajstić information content (AvgIpc) is 2.93. The number of methoxy groups -OCH3 is 2. The standard InChI is InChI=1S/C15H19N3O3/c1-10(17-15(19)11-8-16-18(2)9-11)13-7-12(20-3)5-6-14(13)21-4/h5-10H,1-4H3,(H,17,19). The number of aryl methyl sites for hydroxylation is 1. The lowest BCUT2D eigenvalue weighted by Gasteiger charge is -2.18. The first kappa shape index (κ1) is 14.9. The van der Waals surface area contributed by atoms with Crippen LogP contribution in [-0.4, -0.2) is 29.9 Å². The van der Waals surface area contributed by atoms with E-state index in [2.05, 4.69) is 10.4 Å². The zero-order chi connectivity index (χ0) is 15.4. The highest BCUT2D eigenvalue weighted by Crippen LogP contribution is 2.29. The SMILES string of the molecule is COc1ccc(OC)c(C(C)NC(=O)c2cnn(C)c2)c1. The second-order valence-electron chi connectivity index (χ2n) is 4.71. The van der Waals surface area contributed by atoms with Crippen molar-refractivity contribution >= 4 is 5.91 Å². The molecule has 1 amide bonds. The highest BCUT2D eigenvalue weighted by atomic mass is 16.5. The molecule has 21 heavy (non-hydrogen) atoms. The van der Waals surface area contributed by atoms with Gasteiger partial charge in [0.1, 0.15) is 11.5 Å². The third-order valence-electron chi connectivity index (χ3n) is 3.22. The molecule has 112 valence electrons. The Kier molecular flexibility index (Phi) is 4.47. The molecule has 0 aliphatic carbocycles. The highest BCUT2D eigenvalue weighted by molar-refractivity contribution is 5.94. The van der Waals surface area contributed by atoms with E-state index in [1.807, 2.05) is 25.1 Å². The highest BCUT2D eigenvalue weighted by Gasteiger charge is 2.17. The maximum Gasteiger partial charge on any atom is 0.254 e. The maximum absolute atomic E-state index is 12.2. The number of nitrogens with zero attached hydrogens (tertiary/aromatic N) is 2. The van der Waals surface area contributed by atoms with Crippen molar-refractivity contribution in [2.75, 3.05) is 14.2 Å². The van der Waals surface area contributed by atoms with Crippen LogP contribution in [0.5, 0.6) is 11.5 Å². The molecule has 1 atom stereocenters. The fourth-order valence-corrected chi connectivity index (χ4v) is 2.07. The summed E-state index contributed by atoms with van der Waals surface area (Å²) in [7, 11) is 4.97. The summed E-state index contributed by atoms with van der Waals surface area (Å²) in [6.45, 7) is 1.89. The molecule has 0 aliphatic heterocycles. The van der Waals surface area contributed by atoms with Gasteiger partial charge in [0.15, 0.2) is 0 Å². The van der Waals surface area contributed by atoms with Crippen molar-refractivity contribution in [1.82, 2.24) is 15.1 Å². The normalized spacial score (nSPS) is 11.8. The van der Waals surface area contributed by atoms with Crippen molar-refractivity contribution < 1.29 is 14.3 Å². The number of aromatic nitrogens is 2. The summed E-state index contributed by atoms with van der Waals surface area (Å²) < 4.78 is 12.1. The second-order valence-corrected chi connectivity index (χ2v) is 4.71. The van der Waals surface area contributed by atoms with Crippen LogP contribution in [0.2, 0.25) is 0 Å². The van der Waals surface area contributed by atoms with Gasteiger partial charge in [0.05, 0.1) is 32.0 Å². The summed E-state index contributed by atoms with van der Waals surface area (Å²) in [5.74, 6) is 1.24. The van der Waals surface area contributed by atoms with Gasteiger partial charge in [-0.2, -0.15) is 5.10 Å². The van der Waals surface area contributed by atoms with Crippen LogP contribution in [0, 0.1) is 0 Å². The fourth-order valence-electron chi connectivity index (χ4n) is 2.07. The number of carbonyl (C=O) groups is 1. The third-order valence-corrected chi connectivity index (χ3v) is 3.22. The number of hydrogen-bond donors (Lipinski definition) is 1. The van der Waals surface area contributed by atoms with Crippen LogP contribution in [0.1, 0.15) is 28.9 Å². The predicted molar refractivity (Wildman–Crippen MR) is 78.6 cm³/mol. The van der Waals surface area contributed by atoms with Gasteiger partial charge in [0.2, 0.25) is 0 Å². The number of hydrogen-bond acceptors (Lipinski definition) is 4. The molecular weight excluding hydrogens is 270 g/mol. The molecule has 6 nitrogen and oxygen atoms in total. The van der Waals surface area contributed by atoms with Gasteiger partial charge in [-0.3, -0.25) is 9.48 Å². The van der Waals surface area contributed by atoms with E-state index in [0.29, 0.717) is 17.1 Å². The van der Waals surface area contributed by atoms with Crippen molar-refractivity contribution in [3.8, 4) is 11.5 Å². The zero-order valence-corrected chi connectivity index (χ0v) is 12.6. The summed E-state index contributed by atoms with van der Waals surface area (Å²) >= 11 is 0. The largest absolute Gasteiger partial charge is 0.497 e. The molecule has 0 radical (unpaired) electrons. The summed E-state index contributed by atoms with van der Waals surface area (Å²) in [5, 5.41) is 6.91. The Morgan fingerprint density at radius 3 is 2.67 bits per heavy atom. The van der Waals surface area contributed by atoms with Crippen LogP contribution in [0.4, 0.5) is 0 Å². The van der Waals surface area contributed by atoms with E-state index < -0.39 is 0 Å². The fraction of sp³-hybridized carbons (Fsp3) is 0.333. The quantitative estimate of drug-likeness (QED) is 0.913. The van der Waals surface area contributed by atoms with Gasteiger partial charge in [0, 0.05) is 18.8 Å². The molecule has 2 aromatic rings. The van der Waals surface area contributed by atoms with Gasteiger partial charge in [-0.25, -0.2) is 0 Å². The summed E-state index contributed by atoms with van der Waals surface area (Å²) in [4.78, 5) is 12.2. The Morgan fingerprint density at radius 2 is 2.10 bits per heavy atom. The van der Waals surface area contributed by atoms with Crippen molar-refractivity contribution in [3.05, 3.63) is 41.7 Å². The zero-order valence-electron chi connectivity index (χ0n) is 12.6. The van der Waals surface area contributed by atoms with Gasteiger partial charge in [0.25, 0.3) is 5.91 Å². The molecule has 0 bridgehead atoms. The lowest BCUT2D eigenvalue weighted by atomic mass is 10.1. The molecule has 1 aromatic carbocycles. The minimum absolute atomic E-state index is 0.180. The average molecular weight is 289 g/mol. The second kappa shape index (κ2) is 6.30. The van der Waals surface area contributed by atoms with E-state index in [0.717, 1.165) is 5.56 Å². The molecule has 0 spiro atoms. The number of benzene rings is 1. The number of rotatable bonds is 5. The minimum Gasteiger partial charge on any atom is -0.497 e. The van der Waals surface area contributed by atoms with E-state index in [1.54, 1.807) is 32.1 Å². The van der Waals surface area contributed by atoms with Crippen LogP contribution in [-0.2, 0) is 7.05 Å². The molecule has 1 N–H and O–H groups in total. The van der Waals surface area contributed by atoms with Crippen molar-refractivity contribution in [2.24, 2.45) is 7.05 Å². The van der Waals surface area contributed by atoms with E-state index in [1.165, 1.54) is 6.20 Å². The van der Waals surface area contributed by atoms with E-state index in [-0.39, 0.29) is 11.9 Å². The van der Waals surface area contributed by atoms with Gasteiger partial charge in [-0.05, 0) is 25.1 Å². The Labute approximate surface area is 123 Å². The number of ether oxygens (including phenoxy) is 2. The molecule has 1 unspecified atom stereocenters. The molecule has 0 saturated heterocycles. The van der Waals surface area contributed by atoms with E-state index in [9.17, 15) is 4.79 Å². The first-order valence-corrected chi connectivity index (χ1v) is 6.56. The van der Waals surface area contributed by atoms with Crippen molar-refractivity contribution in [2.45, 2.75) is 13.0 Å². The van der Waals surface area contributed by atoms with Crippen molar-refractivity contribution in [1.29, 1.82) is 0 Å². The van der Waals surface area contributed by atoms with Crippen LogP contribution in [0.25, 0.3) is 0 Å². The Hall–Kier alpha value is -2.50. The molecule has 0 fully saturated rings. The number of amides is 1. The topological polar surface area (TPSA) is 65.4 Å².